The molecule has 0 saturated heterocycles. The Morgan fingerprint density at radius 1 is 1.17 bits per heavy atom. The van der Waals surface area contributed by atoms with Gasteiger partial charge in [-0.2, -0.15) is 0 Å². The first kappa shape index (κ1) is 15.3. The summed E-state index contributed by atoms with van der Waals surface area (Å²) >= 11 is 0. The fourth-order valence-corrected chi connectivity index (χ4v) is 2.18. The number of nitrogen functional groups attached to an aromatic ring is 1. The Bertz CT molecular complexity index is 913. The number of anilines is 3. The van der Waals surface area contributed by atoms with E-state index in [1.165, 1.54) is 12.1 Å². The number of benzene rings is 1. The zero-order valence-corrected chi connectivity index (χ0v) is 12.8. The summed E-state index contributed by atoms with van der Waals surface area (Å²) in [5, 5.41) is 13.9. The van der Waals surface area contributed by atoms with E-state index in [2.05, 4.69) is 20.3 Å². The van der Waals surface area contributed by atoms with Crippen LogP contribution in [0.25, 0.3) is 11.3 Å². The van der Waals surface area contributed by atoms with Crippen molar-refractivity contribution in [2.24, 2.45) is 0 Å². The zero-order chi connectivity index (χ0) is 17.1. The number of non-ortho nitro benzene ring substituents is 1. The molecule has 3 N–H and O–H groups in total. The molecular formula is C16H14N6O2. The van der Waals surface area contributed by atoms with Crippen LogP contribution in [0.2, 0.25) is 0 Å². The first-order valence-electron chi connectivity index (χ1n) is 7.10. The molecule has 24 heavy (non-hydrogen) atoms. The molecule has 2 heterocycles. The summed E-state index contributed by atoms with van der Waals surface area (Å²) in [6.07, 6.45) is 3.19. The molecule has 8 heteroatoms. The predicted molar refractivity (Wildman–Crippen MR) is 90.8 cm³/mol. The van der Waals surface area contributed by atoms with E-state index in [0.717, 1.165) is 5.56 Å². The lowest BCUT2D eigenvalue weighted by molar-refractivity contribution is -0.384. The van der Waals surface area contributed by atoms with Gasteiger partial charge in [0.2, 0.25) is 5.95 Å². The lowest BCUT2D eigenvalue weighted by Gasteiger charge is -2.09. The summed E-state index contributed by atoms with van der Waals surface area (Å²) in [5.41, 5.74) is 8.58. The van der Waals surface area contributed by atoms with Crippen molar-refractivity contribution in [1.29, 1.82) is 0 Å². The molecule has 0 aliphatic carbocycles. The molecule has 3 rings (SSSR count). The van der Waals surface area contributed by atoms with Crippen LogP contribution in [0, 0.1) is 17.0 Å². The molecule has 0 atom stereocenters. The zero-order valence-electron chi connectivity index (χ0n) is 12.8. The van der Waals surface area contributed by atoms with Crippen molar-refractivity contribution in [3.8, 4) is 11.3 Å². The maximum absolute atomic E-state index is 10.9. The summed E-state index contributed by atoms with van der Waals surface area (Å²) in [4.78, 5) is 23.1. The molecule has 0 radical (unpaired) electrons. The molecule has 2 aromatic heterocycles. The number of nitro groups is 1. The van der Waals surface area contributed by atoms with Crippen LogP contribution in [-0.4, -0.2) is 19.9 Å². The van der Waals surface area contributed by atoms with Gasteiger partial charge in [-0.15, -0.1) is 0 Å². The van der Waals surface area contributed by atoms with Crippen molar-refractivity contribution in [3.63, 3.8) is 0 Å². The topological polar surface area (TPSA) is 120 Å². The average molecular weight is 322 g/mol. The van der Waals surface area contributed by atoms with Crippen molar-refractivity contribution in [1.82, 2.24) is 15.0 Å². The Morgan fingerprint density at radius 3 is 2.75 bits per heavy atom. The van der Waals surface area contributed by atoms with E-state index < -0.39 is 4.92 Å². The number of nitrogens with two attached hydrogens (primary N) is 1. The molecule has 8 nitrogen and oxygen atoms in total. The number of aryl methyl sites for hydroxylation is 1. The number of hydrogen-bond acceptors (Lipinski definition) is 7. The van der Waals surface area contributed by atoms with E-state index in [1.807, 2.05) is 13.0 Å². The molecule has 0 fully saturated rings. The van der Waals surface area contributed by atoms with Gasteiger partial charge in [0.05, 0.1) is 16.3 Å². The number of nitro benzene ring substituents is 1. The Hall–Kier alpha value is -3.55. The fraction of sp³-hybridized carbons (Fsp3) is 0.0625. The molecular weight excluding hydrogens is 308 g/mol. The lowest BCUT2D eigenvalue weighted by Crippen LogP contribution is -2.01. The number of rotatable bonds is 4. The van der Waals surface area contributed by atoms with Crippen LogP contribution in [0.1, 0.15) is 5.56 Å². The minimum Gasteiger partial charge on any atom is -0.383 e. The molecule has 0 unspecified atom stereocenters. The highest BCUT2D eigenvalue weighted by molar-refractivity contribution is 5.71. The molecule has 0 aliphatic rings. The Labute approximate surface area is 137 Å². The van der Waals surface area contributed by atoms with Gasteiger partial charge in [-0.25, -0.2) is 15.0 Å². The fourth-order valence-electron chi connectivity index (χ4n) is 2.18. The van der Waals surface area contributed by atoms with Gasteiger partial charge in [-0.1, -0.05) is 6.07 Å². The van der Waals surface area contributed by atoms with E-state index in [0.29, 0.717) is 28.7 Å². The summed E-state index contributed by atoms with van der Waals surface area (Å²) < 4.78 is 0. The molecule has 0 amide bonds. The first-order valence-corrected chi connectivity index (χ1v) is 7.10. The second kappa shape index (κ2) is 6.29. The number of nitrogens with zero attached hydrogens (tertiary/aromatic N) is 4. The third-order valence-corrected chi connectivity index (χ3v) is 3.45. The smallest absolute Gasteiger partial charge is 0.271 e. The maximum Gasteiger partial charge on any atom is 0.271 e. The lowest BCUT2D eigenvalue weighted by atomic mass is 10.2. The number of aromatic nitrogens is 3. The van der Waals surface area contributed by atoms with E-state index in [-0.39, 0.29) is 5.69 Å². The minimum atomic E-state index is -0.446. The van der Waals surface area contributed by atoms with Gasteiger partial charge >= 0.3 is 0 Å². The normalized spacial score (nSPS) is 10.4. The van der Waals surface area contributed by atoms with Crippen molar-refractivity contribution in [2.75, 3.05) is 11.1 Å². The Kier molecular flexibility index (Phi) is 4.02. The molecule has 3 aromatic rings. The second-order valence-corrected chi connectivity index (χ2v) is 5.08. The summed E-state index contributed by atoms with van der Waals surface area (Å²) in [5.74, 6) is 0.688. The molecule has 0 aliphatic heterocycles. The van der Waals surface area contributed by atoms with Gasteiger partial charge in [0.1, 0.15) is 5.82 Å². The van der Waals surface area contributed by atoms with Crippen LogP contribution >= 0.6 is 0 Å². The predicted octanol–water partition coefficient (Wildman–Crippen LogP) is 3.08. The third kappa shape index (κ3) is 3.12. The largest absolute Gasteiger partial charge is 0.383 e. The summed E-state index contributed by atoms with van der Waals surface area (Å²) in [7, 11) is 0. The van der Waals surface area contributed by atoms with Crippen LogP contribution in [-0.2, 0) is 0 Å². The second-order valence-electron chi connectivity index (χ2n) is 5.08. The van der Waals surface area contributed by atoms with Gasteiger partial charge in [0, 0.05) is 30.1 Å². The van der Waals surface area contributed by atoms with Crippen LogP contribution in [0.5, 0.6) is 0 Å². The molecule has 1 aromatic carbocycles. The van der Waals surface area contributed by atoms with Gasteiger partial charge in [0.25, 0.3) is 5.69 Å². The Morgan fingerprint density at radius 2 is 2.00 bits per heavy atom. The number of pyridine rings is 1. The maximum atomic E-state index is 10.9. The van der Waals surface area contributed by atoms with Crippen molar-refractivity contribution >= 4 is 23.1 Å². The molecule has 120 valence electrons. The number of nitrogens with one attached hydrogen (secondary N) is 1. The highest BCUT2D eigenvalue weighted by Gasteiger charge is 2.11. The van der Waals surface area contributed by atoms with Crippen molar-refractivity contribution in [3.05, 3.63) is 64.5 Å². The van der Waals surface area contributed by atoms with Crippen LogP contribution in [0.4, 0.5) is 23.1 Å². The summed E-state index contributed by atoms with van der Waals surface area (Å²) in [6, 6.07) is 9.87. The SMILES string of the molecule is Cc1ccc([N+](=O)[O-])cc1Nc1nccc(-c2cccnc2N)n1. The van der Waals surface area contributed by atoms with Gasteiger partial charge in [0.15, 0.2) is 0 Å². The van der Waals surface area contributed by atoms with Crippen molar-refractivity contribution < 1.29 is 4.92 Å². The highest BCUT2D eigenvalue weighted by Crippen LogP contribution is 2.26. The molecule has 0 saturated carbocycles. The van der Waals surface area contributed by atoms with Gasteiger partial charge in [-0.3, -0.25) is 10.1 Å². The molecule has 0 bridgehead atoms. The van der Waals surface area contributed by atoms with Crippen molar-refractivity contribution in [2.45, 2.75) is 6.92 Å². The van der Waals surface area contributed by atoms with Gasteiger partial charge in [-0.05, 0) is 30.7 Å². The van der Waals surface area contributed by atoms with Crippen LogP contribution in [0.15, 0.2) is 48.8 Å². The van der Waals surface area contributed by atoms with E-state index in [1.54, 1.807) is 30.6 Å². The van der Waals surface area contributed by atoms with E-state index >= 15 is 0 Å². The van der Waals surface area contributed by atoms with Crippen LogP contribution in [0.3, 0.4) is 0 Å². The van der Waals surface area contributed by atoms with Crippen LogP contribution < -0.4 is 11.1 Å². The highest BCUT2D eigenvalue weighted by atomic mass is 16.6. The third-order valence-electron chi connectivity index (χ3n) is 3.45. The first-order chi connectivity index (χ1) is 11.5. The van der Waals surface area contributed by atoms with E-state index in [9.17, 15) is 10.1 Å². The summed E-state index contributed by atoms with van der Waals surface area (Å²) in [6.45, 7) is 1.84. The Balaban J connectivity index is 1.95. The molecule has 0 spiro atoms. The quantitative estimate of drug-likeness (QED) is 0.559. The average Bonchev–Trinajstić information content (AvgIpc) is 2.57. The monoisotopic (exact) mass is 322 g/mol. The van der Waals surface area contributed by atoms with E-state index in [4.69, 9.17) is 5.73 Å². The van der Waals surface area contributed by atoms with Gasteiger partial charge < -0.3 is 11.1 Å². The number of hydrogen-bond donors (Lipinski definition) is 2. The minimum absolute atomic E-state index is 0.00393. The standard InChI is InChI=1S/C16H14N6O2/c1-10-4-5-11(22(23)24)9-14(10)21-16-19-8-6-13(20-16)12-3-2-7-18-15(12)17/h2-9H,1H3,(H2,17,18)(H,19,20,21).